The molecule has 2 aromatic heterocycles. The SMILES string of the molecule is O=C(O)C(Cc1cc2cccc(CN(Cc3cccc4c3OC(CC(C(=O)O)C3CCNC3)C4)Cc3cccc4cc(CC(C(=O)O)C5CCNC5)oc34)c2o1)C1CCNC1. The summed E-state index contributed by atoms with van der Waals surface area (Å²) in [5, 5.41) is 42.3. The van der Waals surface area contributed by atoms with Crippen LogP contribution in [0.3, 0.4) is 0 Å². The van der Waals surface area contributed by atoms with Crippen molar-refractivity contribution in [2.45, 2.75) is 70.7 Å². The number of ether oxygens (including phenoxy) is 1. The van der Waals surface area contributed by atoms with Gasteiger partial charge < -0.3 is 44.8 Å². The number of nitrogens with zero attached hydrogens (tertiary/aromatic N) is 1. The largest absolute Gasteiger partial charge is 0.489 e. The van der Waals surface area contributed by atoms with Crippen molar-refractivity contribution < 1.29 is 43.3 Å². The van der Waals surface area contributed by atoms with Crippen molar-refractivity contribution in [1.82, 2.24) is 20.9 Å². The first kappa shape index (κ1) is 41.2. The highest BCUT2D eigenvalue weighted by Gasteiger charge is 2.37. The van der Waals surface area contributed by atoms with Crippen LogP contribution in [-0.4, -0.2) is 83.5 Å². The van der Waals surface area contributed by atoms with Gasteiger partial charge in [-0.05, 0) is 100 Å². The van der Waals surface area contributed by atoms with E-state index in [9.17, 15) is 29.7 Å². The summed E-state index contributed by atoms with van der Waals surface area (Å²) in [5.41, 5.74) is 5.44. The topological polar surface area (TPSA) is 187 Å². The van der Waals surface area contributed by atoms with Crippen LogP contribution in [0.5, 0.6) is 5.75 Å². The zero-order valence-electron chi connectivity index (χ0n) is 34.4. The van der Waals surface area contributed by atoms with Crippen LogP contribution in [0.4, 0.5) is 0 Å². The first-order chi connectivity index (χ1) is 29.7. The molecule has 13 nitrogen and oxygen atoms in total. The number of benzene rings is 3. The van der Waals surface area contributed by atoms with Crippen LogP contribution in [0.25, 0.3) is 21.9 Å². The van der Waals surface area contributed by atoms with Crippen molar-refractivity contribution in [3.63, 3.8) is 0 Å². The standard InChI is InChI=1S/C48H56N4O9/c53-46(54)40(31-10-13-49-22-31)19-37-16-28-4-1-7-34(43(28)59-37)25-52(26-35-8-2-5-29-17-38(60-44(29)35)20-41(47(55)56)32-11-14-50-23-32)27-36-9-3-6-30-18-39(61-45(30)36)21-42(48(57)58)33-12-15-51-24-33/h1-9,16-17,31-33,39-42,49-51H,10-15,18-27H2,(H,53,54)(H,55,56)(H,57,58). The number of para-hydroxylation sites is 3. The summed E-state index contributed by atoms with van der Waals surface area (Å²) >= 11 is 0. The Morgan fingerprint density at radius 1 is 0.623 bits per heavy atom. The summed E-state index contributed by atoms with van der Waals surface area (Å²) in [6, 6.07) is 22.3. The number of hydrogen-bond acceptors (Lipinski definition) is 10. The number of fused-ring (bicyclic) bond motifs is 3. The zero-order valence-corrected chi connectivity index (χ0v) is 34.4. The molecule has 0 spiro atoms. The highest BCUT2D eigenvalue weighted by atomic mass is 16.5. The molecule has 7 atom stereocenters. The molecule has 3 aromatic carbocycles. The van der Waals surface area contributed by atoms with Crippen molar-refractivity contribution in [2.24, 2.45) is 35.5 Å². The molecule has 0 saturated carbocycles. The molecular weight excluding hydrogens is 777 g/mol. The number of aliphatic carboxylic acids is 3. The second kappa shape index (κ2) is 18.0. The summed E-state index contributed by atoms with van der Waals surface area (Å²) in [5.74, 6) is -1.65. The number of hydrogen-bond donors (Lipinski definition) is 6. The molecule has 0 radical (unpaired) electrons. The number of carboxylic acid groups (broad SMARTS) is 3. The van der Waals surface area contributed by atoms with E-state index in [1.807, 2.05) is 42.5 Å². The van der Waals surface area contributed by atoms with Gasteiger partial charge in [-0.2, -0.15) is 0 Å². The number of furan rings is 2. The maximum atomic E-state index is 12.4. The third-order valence-electron chi connectivity index (χ3n) is 13.8. The van der Waals surface area contributed by atoms with E-state index in [0.717, 1.165) is 88.8 Å². The second-order valence-electron chi connectivity index (χ2n) is 17.8. The van der Waals surface area contributed by atoms with Gasteiger partial charge in [0.25, 0.3) is 0 Å². The van der Waals surface area contributed by atoms with Crippen molar-refractivity contribution in [3.8, 4) is 5.75 Å². The first-order valence-corrected chi connectivity index (χ1v) is 22.0. The average molecular weight is 833 g/mol. The van der Waals surface area contributed by atoms with E-state index in [4.69, 9.17) is 13.6 Å². The first-order valence-electron chi connectivity index (χ1n) is 22.0. The molecule has 61 heavy (non-hydrogen) atoms. The highest BCUT2D eigenvalue weighted by Crippen LogP contribution is 2.39. The van der Waals surface area contributed by atoms with Gasteiger partial charge in [-0.1, -0.05) is 54.6 Å². The lowest BCUT2D eigenvalue weighted by Crippen LogP contribution is -2.31. The number of carbonyl (C=O) groups is 3. The number of nitrogens with one attached hydrogen (secondary N) is 3. The quantitative estimate of drug-likeness (QED) is 0.0597. The van der Waals surface area contributed by atoms with Gasteiger partial charge in [0, 0.05) is 66.4 Å². The molecule has 322 valence electrons. The Bertz CT molecular complexity index is 2250. The second-order valence-corrected chi connectivity index (χ2v) is 17.8. The maximum Gasteiger partial charge on any atom is 0.307 e. The molecule has 4 aliphatic heterocycles. The maximum absolute atomic E-state index is 12.4. The molecule has 0 bridgehead atoms. The molecule has 9 rings (SSSR count). The van der Waals surface area contributed by atoms with Gasteiger partial charge in [-0.15, -0.1) is 0 Å². The summed E-state index contributed by atoms with van der Waals surface area (Å²) < 4.78 is 19.8. The Balaban J connectivity index is 1.01. The summed E-state index contributed by atoms with van der Waals surface area (Å²) in [7, 11) is 0. The lowest BCUT2D eigenvalue weighted by molar-refractivity contribution is -0.145. The van der Waals surface area contributed by atoms with E-state index in [1.165, 1.54) is 0 Å². The molecule has 0 aliphatic carbocycles. The van der Waals surface area contributed by atoms with Gasteiger partial charge in [0.05, 0.1) is 17.8 Å². The van der Waals surface area contributed by atoms with Crippen LogP contribution in [0, 0.1) is 35.5 Å². The Morgan fingerprint density at radius 3 is 1.56 bits per heavy atom. The van der Waals surface area contributed by atoms with Crippen molar-refractivity contribution in [2.75, 3.05) is 39.3 Å². The fourth-order valence-corrected chi connectivity index (χ4v) is 10.5. The molecule has 0 amide bonds. The molecular formula is C48H56N4O9. The minimum atomic E-state index is -0.807. The van der Waals surface area contributed by atoms with E-state index in [1.54, 1.807) is 0 Å². The van der Waals surface area contributed by atoms with E-state index in [-0.39, 0.29) is 23.9 Å². The average Bonchev–Trinajstić information content (AvgIpc) is 4.08. The molecule has 5 aromatic rings. The Hall–Kier alpha value is -5.21. The summed E-state index contributed by atoms with van der Waals surface area (Å²) in [6.07, 6.45) is 4.00. The zero-order chi connectivity index (χ0) is 42.0. The number of rotatable bonds is 18. The van der Waals surface area contributed by atoms with Crippen LogP contribution in [0.15, 0.2) is 75.6 Å². The third kappa shape index (κ3) is 9.06. The minimum absolute atomic E-state index is 0.0457. The van der Waals surface area contributed by atoms with Gasteiger partial charge in [0.15, 0.2) is 0 Å². The van der Waals surface area contributed by atoms with Crippen LogP contribution in [0.2, 0.25) is 0 Å². The summed E-state index contributed by atoms with van der Waals surface area (Å²) in [4.78, 5) is 39.5. The van der Waals surface area contributed by atoms with Crippen LogP contribution in [0.1, 0.15) is 59.5 Å². The van der Waals surface area contributed by atoms with Crippen LogP contribution >= 0.6 is 0 Å². The molecule has 7 unspecified atom stereocenters. The fraction of sp³-hybridized carbons (Fsp3) is 0.479. The highest BCUT2D eigenvalue weighted by molar-refractivity contribution is 5.82. The Labute approximate surface area is 354 Å². The van der Waals surface area contributed by atoms with Gasteiger partial charge in [-0.25, -0.2) is 0 Å². The van der Waals surface area contributed by atoms with Gasteiger partial charge in [0.2, 0.25) is 0 Å². The van der Waals surface area contributed by atoms with E-state index in [0.29, 0.717) is 76.5 Å². The molecule has 6 N–H and O–H groups in total. The predicted octanol–water partition coefficient (Wildman–Crippen LogP) is 6.09. The Kier molecular flexibility index (Phi) is 12.2. The van der Waals surface area contributed by atoms with Crippen molar-refractivity contribution >= 4 is 39.8 Å². The van der Waals surface area contributed by atoms with E-state index < -0.39 is 35.7 Å². The smallest absolute Gasteiger partial charge is 0.307 e. The summed E-state index contributed by atoms with van der Waals surface area (Å²) in [6.45, 7) is 6.04. The molecule has 13 heteroatoms. The molecule has 6 heterocycles. The lowest BCUT2D eigenvalue weighted by Gasteiger charge is -2.25. The van der Waals surface area contributed by atoms with Gasteiger partial charge >= 0.3 is 17.9 Å². The molecule has 3 fully saturated rings. The van der Waals surface area contributed by atoms with E-state index in [2.05, 4.69) is 45.1 Å². The van der Waals surface area contributed by atoms with E-state index >= 15 is 0 Å². The predicted molar refractivity (Wildman–Crippen MR) is 228 cm³/mol. The van der Waals surface area contributed by atoms with Gasteiger partial charge in [-0.3, -0.25) is 19.3 Å². The monoisotopic (exact) mass is 832 g/mol. The third-order valence-corrected chi connectivity index (χ3v) is 13.8. The molecule has 3 saturated heterocycles. The molecule has 4 aliphatic rings. The fourth-order valence-electron chi connectivity index (χ4n) is 10.5. The number of carboxylic acids is 3. The van der Waals surface area contributed by atoms with Crippen molar-refractivity contribution in [1.29, 1.82) is 0 Å². The van der Waals surface area contributed by atoms with Crippen molar-refractivity contribution in [3.05, 3.63) is 101 Å². The Morgan fingerprint density at radius 2 is 1.08 bits per heavy atom. The minimum Gasteiger partial charge on any atom is -0.489 e. The van der Waals surface area contributed by atoms with Crippen LogP contribution in [-0.2, 0) is 53.3 Å². The van der Waals surface area contributed by atoms with Crippen LogP contribution < -0.4 is 20.7 Å². The normalized spacial score (nSPS) is 22.8. The van der Waals surface area contributed by atoms with Gasteiger partial charge in [0.1, 0.15) is 34.5 Å². The lowest BCUT2D eigenvalue weighted by atomic mass is 9.86.